The minimum absolute atomic E-state index is 0.0521. The topological polar surface area (TPSA) is 76.7 Å². The highest BCUT2D eigenvalue weighted by molar-refractivity contribution is 5.96. The molecule has 6 nitrogen and oxygen atoms in total. The lowest BCUT2D eigenvalue weighted by molar-refractivity contribution is -0.117. The van der Waals surface area contributed by atoms with Gasteiger partial charge < -0.3 is 20.1 Å². The van der Waals surface area contributed by atoms with Crippen molar-refractivity contribution in [3.05, 3.63) is 48.0 Å². The highest BCUT2D eigenvalue weighted by Gasteiger charge is 2.29. The molecule has 1 heterocycles. The number of amides is 2. The molecule has 1 aliphatic heterocycles. The van der Waals surface area contributed by atoms with E-state index in [0.29, 0.717) is 24.2 Å². The van der Waals surface area contributed by atoms with Gasteiger partial charge in [-0.3, -0.25) is 9.59 Å². The summed E-state index contributed by atoms with van der Waals surface area (Å²) in [5, 5.41) is 5.76. The molecule has 134 valence electrons. The van der Waals surface area contributed by atoms with E-state index in [1.54, 1.807) is 6.07 Å². The average Bonchev–Trinajstić information content (AvgIpc) is 3.38. The van der Waals surface area contributed by atoms with E-state index in [2.05, 4.69) is 10.6 Å². The van der Waals surface area contributed by atoms with E-state index in [1.165, 1.54) is 0 Å². The molecule has 2 aliphatic rings. The highest BCUT2D eigenvalue weighted by atomic mass is 16.7. The summed E-state index contributed by atoms with van der Waals surface area (Å²) in [6, 6.07) is 12.9. The van der Waals surface area contributed by atoms with Crippen molar-refractivity contribution >= 4 is 23.2 Å². The fourth-order valence-electron chi connectivity index (χ4n) is 2.84. The Labute approximate surface area is 151 Å². The van der Waals surface area contributed by atoms with Crippen LogP contribution in [0.1, 0.15) is 24.8 Å². The van der Waals surface area contributed by atoms with Crippen molar-refractivity contribution in [1.82, 2.24) is 0 Å². The molecular formula is C20H20N2O4. The second-order valence-corrected chi connectivity index (χ2v) is 6.58. The normalized spacial score (nSPS) is 14.8. The van der Waals surface area contributed by atoms with E-state index in [1.807, 2.05) is 36.4 Å². The largest absolute Gasteiger partial charge is 0.454 e. The molecule has 0 radical (unpaired) electrons. The van der Waals surface area contributed by atoms with Crippen molar-refractivity contribution in [3.8, 4) is 11.5 Å². The lowest BCUT2D eigenvalue weighted by Crippen LogP contribution is -2.15. The van der Waals surface area contributed by atoms with Gasteiger partial charge in [0.05, 0.1) is 0 Å². The van der Waals surface area contributed by atoms with Crippen molar-refractivity contribution in [2.75, 3.05) is 17.4 Å². The second kappa shape index (κ2) is 7.07. The first-order valence-electron chi connectivity index (χ1n) is 8.77. The average molecular weight is 352 g/mol. The van der Waals surface area contributed by atoms with Crippen LogP contribution in [0, 0.1) is 5.92 Å². The Bertz CT molecular complexity index is 845. The lowest BCUT2D eigenvalue weighted by Gasteiger charge is -2.09. The van der Waals surface area contributed by atoms with Gasteiger partial charge in [0.25, 0.3) is 0 Å². The molecule has 2 N–H and O–H groups in total. The van der Waals surface area contributed by atoms with E-state index < -0.39 is 0 Å². The summed E-state index contributed by atoms with van der Waals surface area (Å²) in [5.74, 6) is 1.59. The second-order valence-electron chi connectivity index (χ2n) is 6.58. The van der Waals surface area contributed by atoms with Gasteiger partial charge in [-0.25, -0.2) is 0 Å². The fraction of sp³-hybridized carbons (Fsp3) is 0.300. The summed E-state index contributed by atoms with van der Waals surface area (Å²) in [7, 11) is 0. The molecule has 0 aromatic heterocycles. The maximum Gasteiger partial charge on any atom is 0.231 e. The summed E-state index contributed by atoms with van der Waals surface area (Å²) in [4.78, 5) is 24.0. The van der Waals surface area contributed by atoms with E-state index >= 15 is 0 Å². The van der Waals surface area contributed by atoms with Crippen LogP contribution >= 0.6 is 0 Å². The molecule has 0 spiro atoms. The predicted octanol–water partition coefficient (Wildman–Crippen LogP) is 3.34. The van der Waals surface area contributed by atoms with Crippen LogP contribution in [-0.4, -0.2) is 18.6 Å². The van der Waals surface area contributed by atoms with Gasteiger partial charge in [-0.05, 0) is 55.2 Å². The van der Waals surface area contributed by atoms with Gasteiger partial charge in [-0.15, -0.1) is 0 Å². The SMILES string of the molecule is O=C(CCc1ccc2c(c1)OCO2)Nc1cccc(NC(=O)C2CC2)c1. The van der Waals surface area contributed by atoms with Crippen LogP contribution in [0.5, 0.6) is 11.5 Å². The van der Waals surface area contributed by atoms with Crippen LogP contribution < -0.4 is 20.1 Å². The summed E-state index contributed by atoms with van der Waals surface area (Å²) in [6.07, 6.45) is 2.89. The molecular weight excluding hydrogens is 332 g/mol. The maximum atomic E-state index is 12.2. The molecule has 1 saturated carbocycles. The number of carbonyl (C=O) groups excluding carboxylic acids is 2. The van der Waals surface area contributed by atoms with Crippen molar-refractivity contribution in [2.45, 2.75) is 25.7 Å². The van der Waals surface area contributed by atoms with Gasteiger partial charge >= 0.3 is 0 Å². The number of hydrogen-bond acceptors (Lipinski definition) is 4. The Morgan fingerprint density at radius 3 is 2.54 bits per heavy atom. The van der Waals surface area contributed by atoms with Crippen LogP contribution in [0.3, 0.4) is 0 Å². The van der Waals surface area contributed by atoms with Crippen molar-refractivity contribution in [3.63, 3.8) is 0 Å². The minimum atomic E-state index is -0.0756. The summed E-state index contributed by atoms with van der Waals surface area (Å²) >= 11 is 0. The molecule has 2 amide bonds. The van der Waals surface area contributed by atoms with Gasteiger partial charge in [0.2, 0.25) is 18.6 Å². The number of hydrogen-bond donors (Lipinski definition) is 2. The van der Waals surface area contributed by atoms with Crippen LogP contribution in [0.25, 0.3) is 0 Å². The molecule has 2 aromatic rings. The molecule has 26 heavy (non-hydrogen) atoms. The van der Waals surface area contributed by atoms with Gasteiger partial charge in [0, 0.05) is 23.7 Å². The fourth-order valence-corrected chi connectivity index (χ4v) is 2.84. The molecule has 2 aromatic carbocycles. The third-order valence-corrected chi connectivity index (χ3v) is 4.44. The molecule has 1 fully saturated rings. The summed E-state index contributed by atoms with van der Waals surface area (Å²) in [6.45, 7) is 0.243. The highest BCUT2D eigenvalue weighted by Crippen LogP contribution is 2.33. The zero-order valence-electron chi connectivity index (χ0n) is 14.3. The molecule has 0 bridgehead atoms. The van der Waals surface area contributed by atoms with E-state index in [0.717, 1.165) is 29.9 Å². The first-order chi connectivity index (χ1) is 12.7. The number of ether oxygens (including phenoxy) is 2. The van der Waals surface area contributed by atoms with Crippen LogP contribution in [-0.2, 0) is 16.0 Å². The monoisotopic (exact) mass is 352 g/mol. The number of aryl methyl sites for hydroxylation is 1. The molecule has 0 atom stereocenters. The number of anilines is 2. The number of carbonyl (C=O) groups is 2. The predicted molar refractivity (Wildman–Crippen MR) is 97.3 cm³/mol. The first kappa shape index (κ1) is 16.4. The van der Waals surface area contributed by atoms with E-state index in [-0.39, 0.29) is 24.5 Å². The van der Waals surface area contributed by atoms with Crippen molar-refractivity contribution in [2.24, 2.45) is 5.92 Å². The number of nitrogens with one attached hydrogen (secondary N) is 2. The zero-order chi connectivity index (χ0) is 17.9. The number of rotatable bonds is 6. The van der Waals surface area contributed by atoms with Crippen LogP contribution in [0.4, 0.5) is 11.4 Å². The Kier molecular flexibility index (Phi) is 4.48. The Morgan fingerprint density at radius 2 is 1.73 bits per heavy atom. The van der Waals surface area contributed by atoms with Gasteiger partial charge in [-0.1, -0.05) is 12.1 Å². The van der Waals surface area contributed by atoms with E-state index in [4.69, 9.17) is 9.47 Å². The molecule has 1 aliphatic carbocycles. The Balaban J connectivity index is 1.31. The van der Waals surface area contributed by atoms with Gasteiger partial charge in [-0.2, -0.15) is 0 Å². The molecule has 4 rings (SSSR count). The number of benzene rings is 2. The van der Waals surface area contributed by atoms with Gasteiger partial charge in [0.15, 0.2) is 11.5 Å². The third kappa shape index (κ3) is 3.96. The smallest absolute Gasteiger partial charge is 0.231 e. The lowest BCUT2D eigenvalue weighted by atomic mass is 10.1. The number of fused-ring (bicyclic) bond motifs is 1. The molecule has 0 unspecified atom stereocenters. The Hall–Kier alpha value is -3.02. The van der Waals surface area contributed by atoms with Crippen LogP contribution in [0.2, 0.25) is 0 Å². The summed E-state index contributed by atoms with van der Waals surface area (Å²) in [5.41, 5.74) is 2.40. The van der Waals surface area contributed by atoms with E-state index in [9.17, 15) is 9.59 Å². The van der Waals surface area contributed by atoms with Gasteiger partial charge in [0.1, 0.15) is 0 Å². The minimum Gasteiger partial charge on any atom is -0.454 e. The zero-order valence-corrected chi connectivity index (χ0v) is 14.3. The third-order valence-electron chi connectivity index (χ3n) is 4.44. The van der Waals surface area contributed by atoms with Crippen LogP contribution in [0.15, 0.2) is 42.5 Å². The first-order valence-corrected chi connectivity index (χ1v) is 8.77. The maximum absolute atomic E-state index is 12.2. The quantitative estimate of drug-likeness (QED) is 0.836. The molecule has 0 saturated heterocycles. The van der Waals surface area contributed by atoms with Crippen molar-refractivity contribution < 1.29 is 19.1 Å². The Morgan fingerprint density at radius 1 is 0.962 bits per heavy atom. The molecule has 6 heteroatoms. The van der Waals surface area contributed by atoms with Crippen molar-refractivity contribution in [1.29, 1.82) is 0 Å². The summed E-state index contributed by atoms with van der Waals surface area (Å²) < 4.78 is 10.6. The standard InChI is InChI=1S/C20H20N2O4/c23-19(9-5-13-4-8-17-18(10-13)26-12-25-17)21-15-2-1-3-16(11-15)22-20(24)14-6-7-14/h1-4,8,10-11,14H,5-7,9,12H2,(H,21,23)(H,22,24).